The number of carboxylic acid groups (broad SMARTS) is 1. The van der Waals surface area contributed by atoms with Gasteiger partial charge in [0, 0.05) is 31.4 Å². The van der Waals surface area contributed by atoms with E-state index in [1.807, 2.05) is 4.90 Å². The van der Waals surface area contributed by atoms with Crippen molar-refractivity contribution in [1.82, 2.24) is 9.80 Å². The van der Waals surface area contributed by atoms with E-state index in [2.05, 4.69) is 5.32 Å². The number of carboxylic acids is 1. The van der Waals surface area contributed by atoms with Gasteiger partial charge in [-0.1, -0.05) is 18.9 Å². The highest BCUT2D eigenvalue weighted by molar-refractivity contribution is 5.97. The summed E-state index contributed by atoms with van der Waals surface area (Å²) in [5.74, 6) is -0.868. The molecule has 2 fully saturated rings. The first-order valence-corrected chi connectivity index (χ1v) is 9.47. The van der Waals surface area contributed by atoms with Gasteiger partial charge in [0.05, 0.1) is 6.54 Å². The van der Waals surface area contributed by atoms with Crippen LogP contribution in [0, 0.1) is 5.92 Å². The Labute approximate surface area is 159 Å². The molecule has 1 aliphatic carbocycles. The van der Waals surface area contributed by atoms with Gasteiger partial charge in [0.25, 0.3) is 5.91 Å². The van der Waals surface area contributed by atoms with Crippen LogP contribution < -0.4 is 5.32 Å². The number of aliphatic carboxylic acids is 1. The van der Waals surface area contributed by atoms with E-state index < -0.39 is 12.0 Å². The molecule has 3 atom stereocenters. The second-order valence-corrected chi connectivity index (χ2v) is 7.70. The van der Waals surface area contributed by atoms with Crippen LogP contribution in [0.4, 0.5) is 5.69 Å². The zero-order valence-corrected chi connectivity index (χ0v) is 15.9. The summed E-state index contributed by atoms with van der Waals surface area (Å²) < 4.78 is 0. The lowest BCUT2D eigenvalue weighted by Gasteiger charge is -2.32. The molecule has 1 heterocycles. The second kappa shape index (κ2) is 8.08. The number of hydrogen-bond acceptors (Lipinski definition) is 4. The highest BCUT2D eigenvalue weighted by atomic mass is 16.4. The lowest BCUT2D eigenvalue weighted by atomic mass is 9.85. The smallest absolute Gasteiger partial charge is 0.320 e. The van der Waals surface area contributed by atoms with Crippen LogP contribution in [0.2, 0.25) is 0 Å². The topological polar surface area (TPSA) is 90.0 Å². The van der Waals surface area contributed by atoms with Gasteiger partial charge in [0.2, 0.25) is 5.91 Å². The second-order valence-electron chi connectivity index (χ2n) is 7.70. The van der Waals surface area contributed by atoms with Gasteiger partial charge in [-0.25, -0.2) is 0 Å². The van der Waals surface area contributed by atoms with Crippen LogP contribution in [-0.4, -0.2) is 65.4 Å². The van der Waals surface area contributed by atoms with E-state index in [-0.39, 0.29) is 24.4 Å². The monoisotopic (exact) mass is 373 g/mol. The van der Waals surface area contributed by atoms with Gasteiger partial charge in [-0.15, -0.1) is 0 Å². The summed E-state index contributed by atoms with van der Waals surface area (Å²) in [5.41, 5.74) is 1.04. The summed E-state index contributed by atoms with van der Waals surface area (Å²) in [6.45, 7) is 0.0595. The zero-order chi connectivity index (χ0) is 19.6. The van der Waals surface area contributed by atoms with E-state index in [1.54, 1.807) is 38.4 Å². The highest BCUT2D eigenvalue weighted by Crippen LogP contribution is 2.39. The molecule has 7 nitrogen and oxygen atoms in total. The van der Waals surface area contributed by atoms with Crippen molar-refractivity contribution in [2.75, 3.05) is 26.0 Å². The Hall–Kier alpha value is -2.41. The van der Waals surface area contributed by atoms with Crippen LogP contribution >= 0.6 is 0 Å². The van der Waals surface area contributed by atoms with Gasteiger partial charge in [0.15, 0.2) is 0 Å². The number of nitrogens with one attached hydrogen (secondary N) is 1. The van der Waals surface area contributed by atoms with E-state index in [4.69, 9.17) is 0 Å². The molecule has 1 aromatic rings. The van der Waals surface area contributed by atoms with E-state index in [0.29, 0.717) is 23.6 Å². The number of anilines is 1. The van der Waals surface area contributed by atoms with Gasteiger partial charge in [-0.3, -0.25) is 19.3 Å². The van der Waals surface area contributed by atoms with Crippen LogP contribution in [0.5, 0.6) is 0 Å². The van der Waals surface area contributed by atoms with Crippen molar-refractivity contribution in [1.29, 1.82) is 0 Å². The minimum absolute atomic E-state index is 0.0595. The Morgan fingerprint density at radius 2 is 1.96 bits per heavy atom. The molecular formula is C20H27N3O4. The molecular weight excluding hydrogens is 346 g/mol. The minimum Gasteiger partial charge on any atom is -0.480 e. The van der Waals surface area contributed by atoms with Crippen molar-refractivity contribution in [3.05, 3.63) is 29.8 Å². The molecule has 2 amide bonds. The summed E-state index contributed by atoms with van der Waals surface area (Å²) >= 11 is 0. The number of carbonyl (C=O) groups excluding carboxylic acids is 2. The molecule has 2 N–H and O–H groups in total. The number of benzene rings is 1. The maximum atomic E-state index is 12.6. The predicted octanol–water partition coefficient (Wildman–Crippen LogP) is 2.04. The number of rotatable bonds is 5. The maximum Gasteiger partial charge on any atom is 0.320 e. The Bertz CT molecular complexity index is 734. The maximum absolute atomic E-state index is 12.6. The highest BCUT2D eigenvalue weighted by Gasteiger charge is 2.45. The van der Waals surface area contributed by atoms with E-state index in [0.717, 1.165) is 25.7 Å². The Balaban J connectivity index is 1.68. The summed E-state index contributed by atoms with van der Waals surface area (Å²) in [6, 6.07) is 6.37. The zero-order valence-electron chi connectivity index (χ0n) is 15.9. The number of nitrogens with zero attached hydrogens (tertiary/aromatic N) is 2. The molecule has 3 rings (SSSR count). The van der Waals surface area contributed by atoms with E-state index in [1.165, 1.54) is 4.90 Å². The van der Waals surface area contributed by atoms with Crippen LogP contribution in [-0.2, 0) is 9.59 Å². The van der Waals surface area contributed by atoms with Crippen molar-refractivity contribution in [2.45, 2.75) is 44.2 Å². The van der Waals surface area contributed by atoms with Crippen molar-refractivity contribution in [2.24, 2.45) is 5.92 Å². The average molecular weight is 373 g/mol. The van der Waals surface area contributed by atoms with Gasteiger partial charge < -0.3 is 15.3 Å². The molecule has 1 saturated heterocycles. The van der Waals surface area contributed by atoms with Gasteiger partial charge in [-0.2, -0.15) is 0 Å². The number of hydrogen-bond donors (Lipinski definition) is 2. The molecule has 0 bridgehead atoms. The first kappa shape index (κ1) is 19.4. The fraction of sp³-hybridized carbons (Fsp3) is 0.550. The lowest BCUT2D eigenvalue weighted by Crippen LogP contribution is -2.46. The summed E-state index contributed by atoms with van der Waals surface area (Å²) in [4.78, 5) is 39.7. The quantitative estimate of drug-likeness (QED) is 0.824. The molecule has 2 aliphatic rings. The third-order valence-corrected chi connectivity index (χ3v) is 5.63. The summed E-state index contributed by atoms with van der Waals surface area (Å²) in [6.07, 6.45) is 4.84. The molecule has 0 aromatic heterocycles. The predicted molar refractivity (Wildman–Crippen MR) is 102 cm³/mol. The number of amides is 2. The molecule has 27 heavy (non-hydrogen) atoms. The van der Waals surface area contributed by atoms with Crippen molar-refractivity contribution in [3.63, 3.8) is 0 Å². The third kappa shape index (κ3) is 4.30. The Morgan fingerprint density at radius 1 is 1.22 bits per heavy atom. The molecule has 7 heteroatoms. The Morgan fingerprint density at radius 3 is 2.67 bits per heavy atom. The fourth-order valence-corrected chi connectivity index (χ4v) is 4.38. The van der Waals surface area contributed by atoms with Crippen LogP contribution in [0.25, 0.3) is 0 Å². The first-order chi connectivity index (χ1) is 12.9. The molecule has 1 saturated carbocycles. The molecule has 146 valence electrons. The van der Waals surface area contributed by atoms with E-state index >= 15 is 0 Å². The fourth-order valence-electron chi connectivity index (χ4n) is 4.38. The third-order valence-electron chi connectivity index (χ3n) is 5.63. The largest absolute Gasteiger partial charge is 0.480 e. The molecule has 3 unspecified atom stereocenters. The van der Waals surface area contributed by atoms with Gasteiger partial charge >= 0.3 is 5.97 Å². The summed E-state index contributed by atoms with van der Waals surface area (Å²) in [7, 11) is 3.35. The number of likely N-dealkylation sites (tertiary alicyclic amines) is 1. The van der Waals surface area contributed by atoms with Crippen LogP contribution in [0.1, 0.15) is 42.5 Å². The van der Waals surface area contributed by atoms with Crippen molar-refractivity contribution < 1.29 is 19.5 Å². The SMILES string of the molecule is CN(C)C(=O)c1cccc(NC(=O)CN2C(C(=O)O)CC3CCCCC32)c1. The number of fused-ring (bicyclic) bond motifs is 1. The van der Waals surface area contributed by atoms with E-state index in [9.17, 15) is 19.5 Å². The van der Waals surface area contributed by atoms with Gasteiger partial charge in [-0.05, 0) is 43.4 Å². The van der Waals surface area contributed by atoms with Crippen molar-refractivity contribution in [3.8, 4) is 0 Å². The minimum atomic E-state index is -0.851. The first-order valence-electron chi connectivity index (χ1n) is 9.47. The summed E-state index contributed by atoms with van der Waals surface area (Å²) in [5, 5.41) is 12.4. The lowest BCUT2D eigenvalue weighted by molar-refractivity contribution is -0.143. The Kier molecular flexibility index (Phi) is 5.79. The molecule has 1 aliphatic heterocycles. The molecule has 0 radical (unpaired) electrons. The molecule has 0 spiro atoms. The molecule has 1 aromatic carbocycles. The standard InChI is InChI=1S/C20H27N3O4/c1-22(2)19(25)14-7-5-8-15(10-14)21-18(24)12-23-16-9-4-3-6-13(16)11-17(23)20(26)27/h5,7-8,10,13,16-17H,3-4,6,9,11-12H2,1-2H3,(H,21,24)(H,26,27). The normalized spacial score (nSPS) is 24.9. The van der Waals surface area contributed by atoms with Crippen LogP contribution in [0.15, 0.2) is 24.3 Å². The van der Waals surface area contributed by atoms with Gasteiger partial charge in [0.1, 0.15) is 6.04 Å². The number of carbonyl (C=O) groups is 3. The van der Waals surface area contributed by atoms with Crippen LogP contribution in [0.3, 0.4) is 0 Å². The average Bonchev–Trinajstić information content (AvgIpc) is 3.00. The van der Waals surface area contributed by atoms with Crippen molar-refractivity contribution >= 4 is 23.5 Å².